The van der Waals surface area contributed by atoms with Gasteiger partial charge in [-0.05, 0) is 119 Å². The molecule has 0 N–H and O–H groups in total. The van der Waals surface area contributed by atoms with Gasteiger partial charge >= 0.3 is 0 Å². The van der Waals surface area contributed by atoms with Crippen molar-refractivity contribution in [2.45, 2.75) is 0 Å². The highest BCUT2D eigenvalue weighted by Crippen LogP contribution is 2.45. The largest absolute Gasteiger partial charge is 0.436 e. The highest BCUT2D eigenvalue weighted by Gasteiger charge is 2.20. The fourth-order valence-corrected chi connectivity index (χ4v) is 8.98. The second-order valence-corrected chi connectivity index (χ2v) is 14.9. The van der Waals surface area contributed by atoms with Crippen LogP contribution in [0, 0.1) is 0 Å². The van der Waals surface area contributed by atoms with Crippen LogP contribution in [0.25, 0.3) is 121 Å². The molecule has 12 rings (SSSR count). The number of hydrogen-bond acceptors (Lipinski definition) is 3. The van der Waals surface area contributed by atoms with Gasteiger partial charge in [-0.1, -0.05) is 146 Å². The summed E-state index contributed by atoms with van der Waals surface area (Å²) < 4.78 is 6.18. The molecule has 0 aliphatic rings. The van der Waals surface area contributed by atoms with Gasteiger partial charge in [0.25, 0.3) is 0 Å². The zero-order chi connectivity index (χ0) is 37.5. The van der Waals surface area contributed by atoms with Gasteiger partial charge in [-0.3, -0.25) is 0 Å². The molecule has 0 saturated carbocycles. The van der Waals surface area contributed by atoms with E-state index in [4.69, 9.17) is 14.4 Å². The highest BCUT2D eigenvalue weighted by molar-refractivity contribution is 6.22. The molecule has 3 heteroatoms. The molecule has 57 heavy (non-hydrogen) atoms. The first-order valence-corrected chi connectivity index (χ1v) is 19.4. The molecule has 0 aliphatic heterocycles. The smallest absolute Gasteiger partial charge is 0.227 e. The average Bonchev–Trinajstić information content (AvgIpc) is 3.73. The Bertz CT molecular complexity index is 3550. The normalized spacial score (nSPS) is 11.9. The molecular formula is C54H32N2O. The minimum Gasteiger partial charge on any atom is -0.436 e. The van der Waals surface area contributed by atoms with Crippen molar-refractivity contribution in [2.24, 2.45) is 0 Å². The highest BCUT2D eigenvalue weighted by atomic mass is 16.3. The van der Waals surface area contributed by atoms with Crippen LogP contribution in [0.5, 0.6) is 0 Å². The summed E-state index contributed by atoms with van der Waals surface area (Å²) in [6.07, 6.45) is 0. The van der Waals surface area contributed by atoms with E-state index in [1.807, 2.05) is 24.3 Å². The van der Waals surface area contributed by atoms with Crippen LogP contribution in [0.3, 0.4) is 0 Å². The minimum absolute atomic E-state index is 0.613. The van der Waals surface area contributed by atoms with Gasteiger partial charge in [-0.2, -0.15) is 0 Å². The van der Waals surface area contributed by atoms with Crippen molar-refractivity contribution in [3.05, 3.63) is 194 Å². The SMILES string of the molecule is c1ccc2c(c1)cc(-c1cc(-c3ccc(-c4nc5ccccc5o4)cc3)c3cc(-c4cc5ccccc5c5ccccc45)c4ccccc4c3n1)c1ccccc12. The maximum Gasteiger partial charge on any atom is 0.227 e. The zero-order valence-electron chi connectivity index (χ0n) is 30.8. The summed E-state index contributed by atoms with van der Waals surface area (Å²) in [5.41, 5.74) is 10.2. The van der Waals surface area contributed by atoms with Gasteiger partial charge in [0, 0.05) is 21.9 Å². The van der Waals surface area contributed by atoms with Crippen LogP contribution in [-0.4, -0.2) is 9.97 Å². The molecule has 0 unspecified atom stereocenters. The zero-order valence-corrected chi connectivity index (χ0v) is 30.8. The average molecular weight is 725 g/mol. The Morgan fingerprint density at radius 1 is 0.316 bits per heavy atom. The molecule has 0 bridgehead atoms. The molecule has 3 nitrogen and oxygen atoms in total. The molecule has 0 fully saturated rings. The number of hydrogen-bond donors (Lipinski definition) is 0. The van der Waals surface area contributed by atoms with Gasteiger partial charge in [0.1, 0.15) is 5.52 Å². The topological polar surface area (TPSA) is 38.9 Å². The first kappa shape index (κ1) is 31.7. The molecular weight excluding hydrogens is 693 g/mol. The number of nitrogens with zero attached hydrogens (tertiary/aromatic N) is 2. The number of oxazole rings is 1. The Morgan fingerprint density at radius 2 is 0.807 bits per heavy atom. The summed E-state index contributed by atoms with van der Waals surface area (Å²) in [7, 11) is 0. The van der Waals surface area contributed by atoms with E-state index in [1.165, 1.54) is 59.6 Å². The van der Waals surface area contributed by atoms with Crippen molar-refractivity contribution in [3.8, 4) is 45.0 Å². The second-order valence-electron chi connectivity index (χ2n) is 14.9. The fraction of sp³-hybridized carbons (Fsp3) is 0. The first-order chi connectivity index (χ1) is 28.2. The lowest BCUT2D eigenvalue weighted by atomic mass is 9.87. The molecule has 10 aromatic carbocycles. The van der Waals surface area contributed by atoms with Crippen LogP contribution in [0.2, 0.25) is 0 Å². The summed E-state index contributed by atoms with van der Waals surface area (Å²) in [6.45, 7) is 0. The minimum atomic E-state index is 0.613. The lowest BCUT2D eigenvalue weighted by Crippen LogP contribution is -1.95. The van der Waals surface area contributed by atoms with E-state index >= 15 is 0 Å². The number of benzene rings is 10. The molecule has 0 spiro atoms. The summed E-state index contributed by atoms with van der Waals surface area (Å²) in [6, 6.07) is 69.5. The van der Waals surface area contributed by atoms with Crippen molar-refractivity contribution in [1.82, 2.24) is 9.97 Å². The van der Waals surface area contributed by atoms with Gasteiger partial charge in [0.15, 0.2) is 5.58 Å². The van der Waals surface area contributed by atoms with Crippen LogP contribution < -0.4 is 0 Å². The molecule has 2 heterocycles. The predicted molar refractivity (Wildman–Crippen MR) is 239 cm³/mol. The summed E-state index contributed by atoms with van der Waals surface area (Å²) in [5, 5.41) is 13.2. The molecule has 2 aromatic heterocycles. The second kappa shape index (κ2) is 12.5. The number of rotatable bonds is 4. The lowest BCUT2D eigenvalue weighted by molar-refractivity contribution is 0.620. The van der Waals surface area contributed by atoms with Crippen molar-refractivity contribution < 1.29 is 4.42 Å². The summed E-state index contributed by atoms with van der Waals surface area (Å²) >= 11 is 0. The van der Waals surface area contributed by atoms with Gasteiger partial charge in [-0.25, -0.2) is 9.97 Å². The quantitative estimate of drug-likeness (QED) is 0.170. The van der Waals surface area contributed by atoms with Gasteiger partial charge in [-0.15, -0.1) is 0 Å². The maximum absolute atomic E-state index is 6.18. The van der Waals surface area contributed by atoms with E-state index in [-0.39, 0.29) is 0 Å². The standard InChI is InChI=1S/C54H32N2O/c1-3-15-37-35(13-1)29-46(41-19-7-5-17-39(37)41)47-31-49-45(33-25-27-34(28-26-33)54-56-50-23-11-12-24-52(50)57-54)32-51(55-53(49)44-22-10-9-21-43(44)47)48-30-36-14-2-4-16-38(36)40-18-6-8-20-42(40)48/h1-32H. The Morgan fingerprint density at radius 3 is 1.47 bits per heavy atom. The monoisotopic (exact) mass is 724 g/mol. The van der Waals surface area contributed by atoms with Crippen LogP contribution in [0.1, 0.15) is 0 Å². The number of para-hydroxylation sites is 2. The molecule has 0 aliphatic carbocycles. The van der Waals surface area contributed by atoms with Crippen molar-refractivity contribution in [3.63, 3.8) is 0 Å². The third-order valence-corrected chi connectivity index (χ3v) is 11.7. The van der Waals surface area contributed by atoms with E-state index in [9.17, 15) is 0 Å². The van der Waals surface area contributed by atoms with E-state index in [0.717, 1.165) is 55.3 Å². The van der Waals surface area contributed by atoms with Crippen molar-refractivity contribution in [1.29, 1.82) is 0 Å². The molecule has 0 atom stereocenters. The van der Waals surface area contributed by atoms with Crippen LogP contribution in [0.15, 0.2) is 199 Å². The number of pyridine rings is 1. The van der Waals surface area contributed by atoms with Crippen molar-refractivity contribution >= 4 is 75.9 Å². The lowest BCUT2D eigenvalue weighted by Gasteiger charge is -2.18. The van der Waals surface area contributed by atoms with Crippen LogP contribution in [0.4, 0.5) is 0 Å². The summed E-state index contributed by atoms with van der Waals surface area (Å²) in [5.74, 6) is 0.613. The Hall–Kier alpha value is -7.62. The van der Waals surface area contributed by atoms with E-state index in [2.05, 4.69) is 170 Å². The summed E-state index contributed by atoms with van der Waals surface area (Å²) in [4.78, 5) is 10.4. The van der Waals surface area contributed by atoms with Gasteiger partial charge in [0.05, 0.1) is 11.2 Å². The molecule has 0 saturated heterocycles. The molecule has 12 aromatic rings. The molecule has 0 radical (unpaired) electrons. The number of aromatic nitrogens is 2. The van der Waals surface area contributed by atoms with Crippen LogP contribution >= 0.6 is 0 Å². The van der Waals surface area contributed by atoms with Crippen molar-refractivity contribution in [2.75, 3.05) is 0 Å². The first-order valence-electron chi connectivity index (χ1n) is 19.4. The van der Waals surface area contributed by atoms with E-state index < -0.39 is 0 Å². The molecule has 264 valence electrons. The van der Waals surface area contributed by atoms with Gasteiger partial charge in [0.2, 0.25) is 5.89 Å². The third-order valence-electron chi connectivity index (χ3n) is 11.7. The van der Waals surface area contributed by atoms with E-state index in [0.29, 0.717) is 5.89 Å². The number of fused-ring (bicyclic) bond motifs is 10. The van der Waals surface area contributed by atoms with Crippen LogP contribution in [-0.2, 0) is 0 Å². The third kappa shape index (κ3) is 4.99. The predicted octanol–water partition coefficient (Wildman–Crippen LogP) is 14.8. The Balaban J connectivity index is 1.17. The van der Waals surface area contributed by atoms with Gasteiger partial charge < -0.3 is 4.42 Å². The maximum atomic E-state index is 6.18. The molecule has 0 amide bonds. The Kier molecular flexibility index (Phi) is 6.93. The fourth-order valence-electron chi connectivity index (χ4n) is 8.98. The van der Waals surface area contributed by atoms with E-state index in [1.54, 1.807) is 0 Å². The Labute approximate surface area is 328 Å².